The number of amides is 2. The second-order valence-corrected chi connectivity index (χ2v) is 5.76. The number of alkyl halides is 2. The molecule has 1 N–H and O–H groups in total. The molecule has 2 heterocycles. The number of aromatic nitrogens is 1. The predicted molar refractivity (Wildman–Crippen MR) is 81.2 cm³/mol. The van der Waals surface area contributed by atoms with Crippen molar-refractivity contribution >= 4 is 11.8 Å². The summed E-state index contributed by atoms with van der Waals surface area (Å²) in [6.07, 6.45) is 1.47. The second-order valence-electron chi connectivity index (χ2n) is 5.76. The molecule has 0 saturated carbocycles. The lowest BCUT2D eigenvalue weighted by atomic mass is 10.1. The molecule has 2 atom stereocenters. The average molecular weight is 336 g/mol. The Balaban J connectivity index is 2.06. The Bertz CT molecular complexity index is 687. The topological polar surface area (TPSA) is 86.1 Å². The molecule has 2 rings (SSSR count). The maximum Gasteiger partial charge on any atom is 0.268 e. The van der Waals surface area contributed by atoms with Crippen molar-refractivity contribution in [1.82, 2.24) is 15.2 Å². The van der Waals surface area contributed by atoms with Gasteiger partial charge in [-0.25, -0.2) is 8.78 Å². The molecule has 1 aliphatic heterocycles. The first-order valence-corrected chi connectivity index (χ1v) is 7.61. The molecule has 8 heteroatoms. The van der Waals surface area contributed by atoms with Crippen LogP contribution in [0.4, 0.5) is 8.78 Å². The summed E-state index contributed by atoms with van der Waals surface area (Å²) in [4.78, 5) is 29.4. The van der Waals surface area contributed by atoms with Crippen molar-refractivity contribution in [3.8, 4) is 6.07 Å². The van der Waals surface area contributed by atoms with E-state index in [0.29, 0.717) is 12.0 Å². The molecule has 24 heavy (non-hydrogen) atoms. The Labute approximate surface area is 138 Å². The minimum absolute atomic E-state index is 0.338. The highest BCUT2D eigenvalue weighted by Crippen LogP contribution is 2.32. The molecule has 128 valence electrons. The lowest BCUT2D eigenvalue weighted by Crippen LogP contribution is -2.48. The molecule has 0 radical (unpaired) electrons. The van der Waals surface area contributed by atoms with Gasteiger partial charge in [0.05, 0.1) is 12.6 Å². The van der Waals surface area contributed by atoms with Crippen LogP contribution in [0.3, 0.4) is 0 Å². The van der Waals surface area contributed by atoms with Crippen molar-refractivity contribution in [2.75, 3.05) is 6.54 Å². The second kappa shape index (κ2) is 6.91. The molecule has 2 amide bonds. The van der Waals surface area contributed by atoms with Gasteiger partial charge in [-0.3, -0.25) is 14.6 Å². The fourth-order valence-corrected chi connectivity index (χ4v) is 2.57. The number of rotatable bonds is 4. The highest BCUT2D eigenvalue weighted by atomic mass is 19.3. The number of nitriles is 1. The van der Waals surface area contributed by atoms with Crippen molar-refractivity contribution in [2.45, 2.75) is 44.7 Å². The summed E-state index contributed by atoms with van der Waals surface area (Å²) in [5.41, 5.74) is 1.07. The lowest BCUT2D eigenvalue weighted by molar-refractivity contribution is -0.134. The van der Waals surface area contributed by atoms with Gasteiger partial charge in [-0.05, 0) is 25.5 Å². The Morgan fingerprint density at radius 2 is 2.29 bits per heavy atom. The number of likely N-dealkylation sites (tertiary alicyclic amines) is 1. The lowest BCUT2D eigenvalue weighted by Gasteiger charge is -2.23. The third-order valence-electron chi connectivity index (χ3n) is 3.86. The summed E-state index contributed by atoms with van der Waals surface area (Å²) in [6, 6.07) is 2.63. The van der Waals surface area contributed by atoms with Crippen LogP contribution in [-0.4, -0.2) is 46.2 Å². The van der Waals surface area contributed by atoms with E-state index < -0.39 is 42.8 Å². The van der Waals surface area contributed by atoms with Gasteiger partial charge in [0.2, 0.25) is 5.91 Å². The van der Waals surface area contributed by atoms with E-state index in [-0.39, 0.29) is 0 Å². The van der Waals surface area contributed by atoms with E-state index >= 15 is 0 Å². The van der Waals surface area contributed by atoms with E-state index in [0.717, 1.165) is 10.6 Å². The van der Waals surface area contributed by atoms with Crippen molar-refractivity contribution in [2.24, 2.45) is 0 Å². The van der Waals surface area contributed by atoms with Crippen LogP contribution in [0.25, 0.3) is 0 Å². The summed E-state index contributed by atoms with van der Waals surface area (Å²) in [5.74, 6) is -4.27. The van der Waals surface area contributed by atoms with Crippen LogP contribution >= 0.6 is 0 Å². The van der Waals surface area contributed by atoms with Gasteiger partial charge >= 0.3 is 0 Å². The highest BCUT2D eigenvalue weighted by Gasteiger charge is 2.48. The molecule has 0 spiro atoms. The molecular formula is C16H18F2N4O2. The summed E-state index contributed by atoms with van der Waals surface area (Å²) in [6.45, 7) is 2.50. The number of hydrogen-bond donors (Lipinski definition) is 1. The van der Waals surface area contributed by atoms with Crippen LogP contribution in [-0.2, 0) is 11.2 Å². The Kier molecular flexibility index (Phi) is 5.12. The molecule has 1 aromatic rings. The van der Waals surface area contributed by atoms with E-state index in [2.05, 4.69) is 10.3 Å². The molecule has 6 nitrogen and oxygen atoms in total. The number of hydrogen-bond acceptors (Lipinski definition) is 4. The van der Waals surface area contributed by atoms with E-state index in [1.807, 2.05) is 6.92 Å². The van der Waals surface area contributed by atoms with Gasteiger partial charge in [0.15, 0.2) is 0 Å². The zero-order valence-corrected chi connectivity index (χ0v) is 13.4. The number of pyridine rings is 1. The van der Waals surface area contributed by atoms with E-state index in [1.54, 1.807) is 12.1 Å². The van der Waals surface area contributed by atoms with Crippen LogP contribution < -0.4 is 5.32 Å². The van der Waals surface area contributed by atoms with Gasteiger partial charge < -0.3 is 10.2 Å². The zero-order chi connectivity index (χ0) is 17.9. The average Bonchev–Trinajstić information content (AvgIpc) is 2.88. The summed E-state index contributed by atoms with van der Waals surface area (Å²) in [7, 11) is 0. The summed E-state index contributed by atoms with van der Waals surface area (Å²) < 4.78 is 26.9. The number of aryl methyl sites for hydroxylation is 1. The van der Waals surface area contributed by atoms with Gasteiger partial charge in [-0.2, -0.15) is 5.26 Å². The number of nitrogens with zero attached hydrogens (tertiary/aromatic N) is 3. The first kappa shape index (κ1) is 17.8. The molecule has 2 unspecified atom stereocenters. The van der Waals surface area contributed by atoms with Crippen LogP contribution in [0.5, 0.6) is 0 Å². The standard InChI is InChI=1S/C16H18F2N4O2/c1-3-12-6-11(4-5-20-12)14(23)21-10(2)15(24)22-9-16(17,18)7-13(22)8-19/h4-6,10,13H,3,7,9H2,1-2H3,(H,21,23). The summed E-state index contributed by atoms with van der Waals surface area (Å²) >= 11 is 0. The molecule has 0 aliphatic carbocycles. The van der Waals surface area contributed by atoms with E-state index in [9.17, 15) is 18.4 Å². The van der Waals surface area contributed by atoms with Crippen LogP contribution in [0.15, 0.2) is 18.3 Å². The first-order chi connectivity index (χ1) is 11.3. The Hall–Kier alpha value is -2.56. The molecule has 0 aromatic carbocycles. The molecule has 1 aliphatic rings. The van der Waals surface area contributed by atoms with Crippen molar-refractivity contribution in [3.05, 3.63) is 29.6 Å². The minimum atomic E-state index is -3.08. The molecule has 0 bridgehead atoms. The zero-order valence-electron chi connectivity index (χ0n) is 13.4. The monoisotopic (exact) mass is 336 g/mol. The fraction of sp³-hybridized carbons (Fsp3) is 0.500. The number of carbonyl (C=O) groups is 2. The van der Waals surface area contributed by atoms with E-state index in [1.165, 1.54) is 19.2 Å². The quantitative estimate of drug-likeness (QED) is 0.903. The fourth-order valence-electron chi connectivity index (χ4n) is 2.57. The maximum absolute atomic E-state index is 13.4. The number of halogens is 2. The maximum atomic E-state index is 13.4. The first-order valence-electron chi connectivity index (χ1n) is 7.61. The minimum Gasteiger partial charge on any atom is -0.341 e. The Morgan fingerprint density at radius 3 is 2.92 bits per heavy atom. The van der Waals surface area contributed by atoms with Crippen molar-refractivity contribution in [3.63, 3.8) is 0 Å². The molecule has 1 saturated heterocycles. The van der Waals surface area contributed by atoms with Crippen LogP contribution in [0, 0.1) is 11.3 Å². The molecule has 1 fully saturated rings. The SMILES string of the molecule is CCc1cc(C(=O)NC(C)C(=O)N2CC(F)(F)CC2C#N)ccn1. The third kappa shape index (κ3) is 3.85. The smallest absolute Gasteiger partial charge is 0.268 e. The normalized spacial score (nSPS) is 20.3. The molecular weight excluding hydrogens is 318 g/mol. The largest absolute Gasteiger partial charge is 0.341 e. The van der Waals surface area contributed by atoms with Gasteiger partial charge in [0.25, 0.3) is 11.8 Å². The van der Waals surface area contributed by atoms with Crippen LogP contribution in [0.1, 0.15) is 36.3 Å². The predicted octanol–water partition coefficient (Wildman–Crippen LogP) is 1.52. The number of nitrogens with one attached hydrogen (secondary N) is 1. The Morgan fingerprint density at radius 1 is 1.58 bits per heavy atom. The van der Waals surface area contributed by atoms with Gasteiger partial charge in [-0.1, -0.05) is 6.92 Å². The third-order valence-corrected chi connectivity index (χ3v) is 3.86. The van der Waals surface area contributed by atoms with Gasteiger partial charge in [0.1, 0.15) is 12.1 Å². The van der Waals surface area contributed by atoms with Gasteiger partial charge in [-0.15, -0.1) is 0 Å². The van der Waals surface area contributed by atoms with Crippen LogP contribution in [0.2, 0.25) is 0 Å². The summed E-state index contributed by atoms with van der Waals surface area (Å²) in [5, 5.41) is 11.4. The molecule has 1 aromatic heterocycles. The van der Waals surface area contributed by atoms with Crippen molar-refractivity contribution in [1.29, 1.82) is 5.26 Å². The highest BCUT2D eigenvalue weighted by molar-refractivity contribution is 5.97. The van der Waals surface area contributed by atoms with Gasteiger partial charge in [0, 0.05) is 23.9 Å². The van der Waals surface area contributed by atoms with E-state index in [4.69, 9.17) is 5.26 Å². The van der Waals surface area contributed by atoms with Crippen molar-refractivity contribution < 1.29 is 18.4 Å². The number of carbonyl (C=O) groups excluding carboxylic acids is 2.